The first kappa shape index (κ1) is 12.8. The summed E-state index contributed by atoms with van der Waals surface area (Å²) in [5, 5.41) is 6.64. The number of esters is 1. The molecule has 1 saturated heterocycles. The number of ether oxygens (including phenoxy) is 1. The van der Waals surface area contributed by atoms with Gasteiger partial charge in [0.2, 0.25) is 0 Å². The third-order valence-electron chi connectivity index (χ3n) is 3.16. The fraction of sp³-hybridized carbons (Fsp3) is 0.538. The van der Waals surface area contributed by atoms with Crippen molar-refractivity contribution in [2.45, 2.75) is 25.3 Å². The number of rotatable bonds is 5. The van der Waals surface area contributed by atoms with Crippen LogP contribution >= 0.6 is 0 Å². The van der Waals surface area contributed by atoms with Crippen LogP contribution in [0, 0.1) is 0 Å². The van der Waals surface area contributed by atoms with Gasteiger partial charge in [0.1, 0.15) is 11.4 Å². The van der Waals surface area contributed by atoms with Gasteiger partial charge in [0.25, 0.3) is 0 Å². The number of carbonyl (C=O) groups is 1. The lowest BCUT2D eigenvalue weighted by Crippen LogP contribution is -2.24. The maximum absolute atomic E-state index is 11.5. The van der Waals surface area contributed by atoms with Crippen LogP contribution in [-0.4, -0.2) is 37.2 Å². The molecule has 1 aromatic rings. The molecule has 1 atom stereocenters. The molecule has 1 aromatic heterocycles. The van der Waals surface area contributed by atoms with E-state index in [4.69, 9.17) is 4.74 Å². The molecular formula is C13H19N3O2. The second-order valence-electron chi connectivity index (χ2n) is 4.40. The van der Waals surface area contributed by atoms with E-state index in [9.17, 15) is 4.79 Å². The van der Waals surface area contributed by atoms with E-state index in [2.05, 4.69) is 15.6 Å². The number of nitrogens with zero attached hydrogens (tertiary/aromatic N) is 1. The van der Waals surface area contributed by atoms with Crippen LogP contribution in [0.15, 0.2) is 18.3 Å². The zero-order valence-corrected chi connectivity index (χ0v) is 10.6. The second-order valence-corrected chi connectivity index (χ2v) is 4.40. The van der Waals surface area contributed by atoms with Crippen molar-refractivity contribution in [2.24, 2.45) is 0 Å². The van der Waals surface area contributed by atoms with Gasteiger partial charge in [-0.2, -0.15) is 0 Å². The molecule has 2 N–H and O–H groups in total. The molecule has 98 valence electrons. The predicted molar refractivity (Wildman–Crippen MR) is 69.7 cm³/mol. The number of anilines is 1. The summed E-state index contributed by atoms with van der Waals surface area (Å²) in [6, 6.07) is 4.04. The van der Waals surface area contributed by atoms with Gasteiger partial charge < -0.3 is 15.4 Å². The Balaban J connectivity index is 1.89. The molecule has 2 rings (SSSR count). The quantitative estimate of drug-likeness (QED) is 0.773. The minimum absolute atomic E-state index is 0.357. The van der Waals surface area contributed by atoms with Crippen LogP contribution in [0.3, 0.4) is 0 Å². The SMILES string of the molecule is COC(=O)c1cccnc1NCC[C@@H]1CCCN1. The van der Waals surface area contributed by atoms with Crippen molar-refractivity contribution in [2.75, 3.05) is 25.5 Å². The van der Waals surface area contributed by atoms with Gasteiger partial charge in [0, 0.05) is 18.8 Å². The molecule has 0 saturated carbocycles. The van der Waals surface area contributed by atoms with Crippen molar-refractivity contribution >= 4 is 11.8 Å². The van der Waals surface area contributed by atoms with Crippen LogP contribution in [0.2, 0.25) is 0 Å². The third-order valence-corrected chi connectivity index (χ3v) is 3.16. The van der Waals surface area contributed by atoms with Crippen molar-refractivity contribution in [1.29, 1.82) is 0 Å². The molecule has 0 aromatic carbocycles. The largest absolute Gasteiger partial charge is 0.465 e. The summed E-state index contributed by atoms with van der Waals surface area (Å²) in [5.41, 5.74) is 0.486. The molecule has 1 fully saturated rings. The summed E-state index contributed by atoms with van der Waals surface area (Å²) in [5.74, 6) is 0.243. The van der Waals surface area contributed by atoms with Crippen molar-refractivity contribution in [3.8, 4) is 0 Å². The van der Waals surface area contributed by atoms with Gasteiger partial charge in [-0.25, -0.2) is 9.78 Å². The molecule has 0 amide bonds. The Kier molecular flexibility index (Phi) is 4.52. The molecule has 1 aliphatic heterocycles. The van der Waals surface area contributed by atoms with Crippen LogP contribution in [0.1, 0.15) is 29.6 Å². The van der Waals surface area contributed by atoms with Crippen LogP contribution in [0.4, 0.5) is 5.82 Å². The molecule has 18 heavy (non-hydrogen) atoms. The van der Waals surface area contributed by atoms with Crippen molar-refractivity contribution in [3.05, 3.63) is 23.9 Å². The Morgan fingerprint density at radius 1 is 1.67 bits per heavy atom. The highest BCUT2D eigenvalue weighted by Gasteiger charge is 2.15. The fourth-order valence-corrected chi connectivity index (χ4v) is 2.19. The number of methoxy groups -OCH3 is 1. The highest BCUT2D eigenvalue weighted by molar-refractivity contribution is 5.94. The first-order valence-electron chi connectivity index (χ1n) is 6.32. The lowest BCUT2D eigenvalue weighted by Gasteiger charge is -2.12. The summed E-state index contributed by atoms with van der Waals surface area (Å²) in [6.07, 6.45) is 5.19. The number of carbonyl (C=O) groups excluding carboxylic acids is 1. The number of aromatic nitrogens is 1. The standard InChI is InChI=1S/C13H19N3O2/c1-18-13(17)11-5-3-8-15-12(11)16-9-6-10-4-2-7-14-10/h3,5,8,10,14H,2,4,6-7,9H2,1H3,(H,15,16)/t10-/m0/s1. The Morgan fingerprint density at radius 3 is 3.28 bits per heavy atom. The first-order valence-corrected chi connectivity index (χ1v) is 6.32. The second kappa shape index (κ2) is 6.35. The average molecular weight is 249 g/mol. The number of hydrogen-bond acceptors (Lipinski definition) is 5. The lowest BCUT2D eigenvalue weighted by atomic mass is 10.1. The van der Waals surface area contributed by atoms with E-state index in [1.165, 1.54) is 20.0 Å². The minimum atomic E-state index is -0.357. The molecule has 0 aliphatic carbocycles. The Hall–Kier alpha value is -1.62. The number of nitrogens with one attached hydrogen (secondary N) is 2. The molecule has 0 radical (unpaired) electrons. The van der Waals surface area contributed by atoms with Crippen LogP contribution in [0.5, 0.6) is 0 Å². The number of hydrogen-bond donors (Lipinski definition) is 2. The van der Waals surface area contributed by atoms with Crippen molar-refractivity contribution in [1.82, 2.24) is 10.3 Å². The van der Waals surface area contributed by atoms with E-state index < -0.39 is 0 Å². The maximum atomic E-state index is 11.5. The molecule has 0 unspecified atom stereocenters. The van der Waals surface area contributed by atoms with Crippen molar-refractivity contribution < 1.29 is 9.53 Å². The monoisotopic (exact) mass is 249 g/mol. The topological polar surface area (TPSA) is 63.2 Å². The van der Waals surface area contributed by atoms with Gasteiger partial charge in [-0.05, 0) is 37.9 Å². The first-order chi connectivity index (χ1) is 8.81. The molecule has 2 heterocycles. The molecule has 0 spiro atoms. The smallest absolute Gasteiger partial charge is 0.341 e. The molecule has 5 nitrogen and oxygen atoms in total. The normalized spacial score (nSPS) is 18.6. The third kappa shape index (κ3) is 3.20. The average Bonchev–Trinajstić information content (AvgIpc) is 2.92. The highest BCUT2D eigenvalue weighted by atomic mass is 16.5. The van der Waals surface area contributed by atoms with Gasteiger partial charge in [0.15, 0.2) is 0 Å². The maximum Gasteiger partial charge on any atom is 0.341 e. The molecule has 0 bridgehead atoms. The van der Waals surface area contributed by atoms with Gasteiger partial charge in [-0.3, -0.25) is 0 Å². The van der Waals surface area contributed by atoms with E-state index in [0.29, 0.717) is 17.4 Å². The summed E-state index contributed by atoms with van der Waals surface area (Å²) in [6.45, 7) is 1.92. The van der Waals surface area contributed by atoms with E-state index in [0.717, 1.165) is 19.5 Å². The lowest BCUT2D eigenvalue weighted by molar-refractivity contribution is 0.0601. The summed E-state index contributed by atoms with van der Waals surface area (Å²) >= 11 is 0. The number of pyridine rings is 1. The van der Waals surface area contributed by atoms with E-state index >= 15 is 0 Å². The molecular weight excluding hydrogens is 230 g/mol. The Labute approximate surface area is 107 Å². The van der Waals surface area contributed by atoms with E-state index in [1.54, 1.807) is 18.3 Å². The van der Waals surface area contributed by atoms with E-state index in [1.807, 2.05) is 0 Å². The van der Waals surface area contributed by atoms with Crippen LogP contribution < -0.4 is 10.6 Å². The Morgan fingerprint density at radius 2 is 2.56 bits per heavy atom. The molecule has 5 heteroatoms. The highest BCUT2D eigenvalue weighted by Crippen LogP contribution is 2.14. The fourth-order valence-electron chi connectivity index (χ4n) is 2.19. The van der Waals surface area contributed by atoms with Crippen LogP contribution in [0.25, 0.3) is 0 Å². The van der Waals surface area contributed by atoms with Gasteiger partial charge >= 0.3 is 5.97 Å². The van der Waals surface area contributed by atoms with Crippen LogP contribution in [-0.2, 0) is 4.74 Å². The van der Waals surface area contributed by atoms with Gasteiger partial charge in [0.05, 0.1) is 7.11 Å². The minimum Gasteiger partial charge on any atom is -0.465 e. The predicted octanol–water partition coefficient (Wildman–Crippen LogP) is 1.42. The van der Waals surface area contributed by atoms with Crippen molar-refractivity contribution in [3.63, 3.8) is 0 Å². The summed E-state index contributed by atoms with van der Waals surface area (Å²) in [4.78, 5) is 15.7. The molecule has 1 aliphatic rings. The van der Waals surface area contributed by atoms with Gasteiger partial charge in [-0.1, -0.05) is 0 Å². The summed E-state index contributed by atoms with van der Waals surface area (Å²) in [7, 11) is 1.38. The zero-order valence-electron chi connectivity index (χ0n) is 10.6. The zero-order chi connectivity index (χ0) is 12.8. The van der Waals surface area contributed by atoms with E-state index in [-0.39, 0.29) is 5.97 Å². The Bertz CT molecular complexity index is 403. The van der Waals surface area contributed by atoms with Gasteiger partial charge in [-0.15, -0.1) is 0 Å². The summed E-state index contributed by atoms with van der Waals surface area (Å²) < 4.78 is 4.73.